The van der Waals surface area contributed by atoms with E-state index >= 15 is 0 Å². The molecule has 0 nitrogen and oxygen atoms in total. The Morgan fingerprint density at radius 1 is 0.933 bits per heavy atom. The van der Waals surface area contributed by atoms with Crippen LogP contribution in [-0.2, 0) is 0 Å². The van der Waals surface area contributed by atoms with Crippen molar-refractivity contribution in [1.82, 2.24) is 0 Å². The first-order chi connectivity index (χ1) is 7.18. The van der Waals surface area contributed by atoms with Gasteiger partial charge in [0.1, 0.15) is 0 Å². The molecule has 0 spiro atoms. The molecule has 15 heavy (non-hydrogen) atoms. The van der Waals surface area contributed by atoms with Crippen molar-refractivity contribution < 1.29 is 0 Å². The van der Waals surface area contributed by atoms with Crippen molar-refractivity contribution in [3.8, 4) is 0 Å². The minimum atomic E-state index is 0.905. The maximum Gasteiger partial charge on any atom is -0.0286 e. The molecule has 0 aliphatic heterocycles. The summed E-state index contributed by atoms with van der Waals surface area (Å²) >= 11 is 0. The predicted molar refractivity (Wildman–Crippen MR) is 69.0 cm³/mol. The summed E-state index contributed by atoms with van der Waals surface area (Å²) < 4.78 is 0. The van der Waals surface area contributed by atoms with E-state index < -0.39 is 0 Å². The van der Waals surface area contributed by atoms with Crippen LogP contribution in [0.3, 0.4) is 0 Å². The minimum absolute atomic E-state index is 0.905. The Balaban J connectivity index is 2.51. The Bertz CT molecular complexity index is 232. The summed E-state index contributed by atoms with van der Waals surface area (Å²) in [4.78, 5) is 0. The first kappa shape index (κ1) is 12.5. The van der Waals surface area contributed by atoms with Crippen LogP contribution in [0, 0.1) is 5.92 Å². The third kappa shape index (κ3) is 5.81. The van der Waals surface area contributed by atoms with Crippen LogP contribution in [0.1, 0.15) is 65.7 Å². The van der Waals surface area contributed by atoms with Crippen molar-refractivity contribution >= 4 is 0 Å². The van der Waals surface area contributed by atoms with Crippen molar-refractivity contribution in [2.45, 2.75) is 65.7 Å². The second-order valence-electron chi connectivity index (χ2n) is 5.21. The SMILES string of the molecule is CC1=CCCCC(C)CCC=C(C)CC1. The summed E-state index contributed by atoms with van der Waals surface area (Å²) in [5.41, 5.74) is 3.16. The van der Waals surface area contributed by atoms with Crippen molar-refractivity contribution in [3.63, 3.8) is 0 Å². The Morgan fingerprint density at radius 2 is 1.53 bits per heavy atom. The second-order valence-corrected chi connectivity index (χ2v) is 5.21. The fourth-order valence-electron chi connectivity index (χ4n) is 2.17. The summed E-state index contributed by atoms with van der Waals surface area (Å²) in [6.07, 6.45) is 14.1. The Kier molecular flexibility index (Phi) is 5.75. The van der Waals surface area contributed by atoms with Crippen molar-refractivity contribution in [1.29, 1.82) is 0 Å². The average molecular weight is 206 g/mol. The van der Waals surface area contributed by atoms with Crippen molar-refractivity contribution in [3.05, 3.63) is 23.3 Å². The predicted octanol–water partition coefficient (Wildman–Crippen LogP) is 5.26. The summed E-state index contributed by atoms with van der Waals surface area (Å²) in [6, 6.07) is 0. The van der Waals surface area contributed by atoms with Crippen molar-refractivity contribution in [2.24, 2.45) is 5.92 Å². The first-order valence-electron chi connectivity index (χ1n) is 6.49. The lowest BCUT2D eigenvalue weighted by molar-refractivity contribution is 0.479. The van der Waals surface area contributed by atoms with Crippen LogP contribution < -0.4 is 0 Å². The highest BCUT2D eigenvalue weighted by Crippen LogP contribution is 2.19. The lowest BCUT2D eigenvalue weighted by Crippen LogP contribution is -1.95. The van der Waals surface area contributed by atoms with Gasteiger partial charge in [0.25, 0.3) is 0 Å². The van der Waals surface area contributed by atoms with Crippen LogP contribution in [-0.4, -0.2) is 0 Å². The standard InChI is InChI=1S/C15H26/c1-13-7-4-5-8-14(2)11-12-15(3)10-6-9-13/h8,10,13H,4-7,9,11-12H2,1-3H3. The Morgan fingerprint density at radius 3 is 2.20 bits per heavy atom. The maximum atomic E-state index is 2.45. The normalized spacial score (nSPS) is 25.9. The van der Waals surface area contributed by atoms with Gasteiger partial charge >= 0.3 is 0 Å². The van der Waals surface area contributed by atoms with Gasteiger partial charge in [0.2, 0.25) is 0 Å². The van der Waals surface area contributed by atoms with Gasteiger partial charge in [-0.05, 0) is 58.3 Å². The van der Waals surface area contributed by atoms with Crippen LogP contribution in [0.2, 0.25) is 0 Å². The molecule has 0 amide bonds. The molecule has 1 atom stereocenters. The fraction of sp³-hybridized carbons (Fsp3) is 0.733. The van der Waals surface area contributed by atoms with E-state index in [1.165, 1.54) is 44.9 Å². The third-order valence-electron chi connectivity index (χ3n) is 3.46. The largest absolute Gasteiger partial charge is 0.0856 e. The maximum absolute atomic E-state index is 2.45. The molecule has 0 heteroatoms. The molecular formula is C15H26. The second kappa shape index (κ2) is 6.87. The van der Waals surface area contributed by atoms with E-state index in [0.29, 0.717) is 0 Å². The molecule has 0 aromatic rings. The van der Waals surface area contributed by atoms with E-state index in [4.69, 9.17) is 0 Å². The smallest absolute Gasteiger partial charge is 0.0286 e. The van der Waals surface area contributed by atoms with Gasteiger partial charge in [-0.25, -0.2) is 0 Å². The zero-order chi connectivity index (χ0) is 11.1. The van der Waals surface area contributed by atoms with Gasteiger partial charge in [0.05, 0.1) is 0 Å². The molecule has 0 fully saturated rings. The monoisotopic (exact) mass is 206 g/mol. The number of allylic oxidation sites excluding steroid dienone is 4. The highest BCUT2D eigenvalue weighted by atomic mass is 14.1. The summed E-state index contributed by atoms with van der Waals surface area (Å²) in [6.45, 7) is 6.96. The van der Waals surface area contributed by atoms with Crippen LogP contribution >= 0.6 is 0 Å². The molecule has 0 heterocycles. The van der Waals surface area contributed by atoms with E-state index in [9.17, 15) is 0 Å². The quantitative estimate of drug-likeness (QED) is 0.474. The number of hydrogen-bond acceptors (Lipinski definition) is 0. The highest BCUT2D eigenvalue weighted by molar-refractivity contribution is 5.05. The van der Waals surface area contributed by atoms with Crippen molar-refractivity contribution in [2.75, 3.05) is 0 Å². The van der Waals surface area contributed by atoms with Gasteiger partial charge in [0, 0.05) is 0 Å². The third-order valence-corrected chi connectivity index (χ3v) is 3.46. The van der Waals surface area contributed by atoms with E-state index in [1.807, 2.05) is 0 Å². The minimum Gasteiger partial charge on any atom is -0.0856 e. The van der Waals surface area contributed by atoms with E-state index in [-0.39, 0.29) is 0 Å². The molecule has 86 valence electrons. The summed E-state index contributed by atoms with van der Waals surface area (Å²) in [5.74, 6) is 0.905. The average Bonchev–Trinajstić information content (AvgIpc) is 2.20. The zero-order valence-corrected chi connectivity index (χ0v) is 10.7. The summed E-state index contributed by atoms with van der Waals surface area (Å²) in [5, 5.41) is 0. The lowest BCUT2D eigenvalue weighted by atomic mass is 9.95. The van der Waals surface area contributed by atoms with Gasteiger partial charge < -0.3 is 0 Å². The molecule has 1 rings (SSSR count). The molecule has 1 aliphatic carbocycles. The van der Waals surface area contributed by atoms with E-state index in [2.05, 4.69) is 32.9 Å². The van der Waals surface area contributed by atoms with Gasteiger partial charge in [-0.1, -0.05) is 36.6 Å². The number of rotatable bonds is 0. The molecular weight excluding hydrogens is 180 g/mol. The molecule has 0 N–H and O–H groups in total. The molecule has 0 bridgehead atoms. The van der Waals surface area contributed by atoms with E-state index in [0.717, 1.165) is 5.92 Å². The van der Waals surface area contributed by atoms with Gasteiger partial charge in [0.15, 0.2) is 0 Å². The topological polar surface area (TPSA) is 0 Å². The van der Waals surface area contributed by atoms with Crippen LogP contribution in [0.4, 0.5) is 0 Å². The van der Waals surface area contributed by atoms with Gasteiger partial charge in [-0.15, -0.1) is 0 Å². The molecule has 1 unspecified atom stereocenters. The van der Waals surface area contributed by atoms with Gasteiger partial charge in [-0.3, -0.25) is 0 Å². The van der Waals surface area contributed by atoms with Crippen LogP contribution in [0.15, 0.2) is 23.3 Å². The highest BCUT2D eigenvalue weighted by Gasteiger charge is 2.02. The Labute approximate surface area is 95.5 Å². The lowest BCUT2D eigenvalue weighted by Gasteiger charge is -2.11. The molecule has 0 radical (unpaired) electrons. The van der Waals surface area contributed by atoms with E-state index in [1.54, 1.807) is 11.1 Å². The van der Waals surface area contributed by atoms with Crippen LogP contribution in [0.25, 0.3) is 0 Å². The zero-order valence-electron chi connectivity index (χ0n) is 10.7. The molecule has 0 aromatic heterocycles. The Hall–Kier alpha value is -0.520. The number of hydrogen-bond donors (Lipinski definition) is 0. The fourth-order valence-corrected chi connectivity index (χ4v) is 2.17. The molecule has 0 aromatic carbocycles. The summed E-state index contributed by atoms with van der Waals surface area (Å²) in [7, 11) is 0. The molecule has 0 saturated heterocycles. The van der Waals surface area contributed by atoms with Crippen LogP contribution in [0.5, 0.6) is 0 Å². The molecule has 0 saturated carbocycles. The first-order valence-corrected chi connectivity index (χ1v) is 6.49. The van der Waals surface area contributed by atoms with Gasteiger partial charge in [-0.2, -0.15) is 0 Å². The molecule has 1 aliphatic rings.